The highest BCUT2D eigenvalue weighted by molar-refractivity contribution is 7.25. The summed E-state index contributed by atoms with van der Waals surface area (Å²) < 4.78 is 2.43. The van der Waals surface area contributed by atoms with Gasteiger partial charge in [0.15, 0.2) is 11.6 Å². The second-order valence-corrected chi connectivity index (χ2v) is 14.6. The molecule has 0 N–H and O–H groups in total. The van der Waals surface area contributed by atoms with Gasteiger partial charge in [-0.05, 0) is 41.5 Å². The maximum atomic E-state index is 5.16. The average Bonchev–Trinajstić information content (AvgIpc) is 3.65. The molecule has 0 aliphatic carbocycles. The third-order valence-electron chi connectivity index (χ3n) is 9.94. The second-order valence-electron chi connectivity index (χ2n) is 13.5. The molecule has 0 atom stereocenters. The van der Waals surface area contributed by atoms with Gasteiger partial charge in [-0.2, -0.15) is 0 Å². The van der Waals surface area contributed by atoms with E-state index in [9.17, 15) is 0 Å². The van der Waals surface area contributed by atoms with E-state index in [1.165, 1.54) is 25.7 Å². The van der Waals surface area contributed by atoms with Crippen LogP contribution in [0.1, 0.15) is 0 Å². The van der Waals surface area contributed by atoms with Crippen LogP contribution in [0.2, 0.25) is 0 Å². The van der Waals surface area contributed by atoms with Crippen LogP contribution in [0, 0.1) is 0 Å². The summed E-state index contributed by atoms with van der Waals surface area (Å²) in [5.74, 6) is 1.41. The molecule has 55 heavy (non-hydrogen) atoms. The Labute approximate surface area is 323 Å². The van der Waals surface area contributed by atoms with Crippen LogP contribution in [0.4, 0.5) is 0 Å². The Kier molecular flexibility index (Phi) is 8.32. The van der Waals surface area contributed by atoms with Gasteiger partial charge in [-0.15, -0.1) is 11.3 Å². The molecule has 5 heteroatoms. The topological polar surface area (TPSA) is 51.6 Å². The van der Waals surface area contributed by atoms with E-state index in [0.717, 1.165) is 61.7 Å². The molecule has 0 aliphatic rings. The molecule has 0 aliphatic heterocycles. The Bertz CT molecular complexity index is 2890. The molecule has 0 unspecified atom stereocenters. The Balaban J connectivity index is 1.05. The summed E-state index contributed by atoms with van der Waals surface area (Å²) in [7, 11) is 0. The zero-order valence-electron chi connectivity index (χ0n) is 29.7. The molecule has 0 amide bonds. The molecule has 0 fully saturated rings. The van der Waals surface area contributed by atoms with Crippen molar-refractivity contribution in [2.45, 2.75) is 0 Å². The molecule has 10 rings (SSSR count). The number of nitrogens with zero attached hydrogens (tertiary/aromatic N) is 4. The summed E-state index contributed by atoms with van der Waals surface area (Å²) in [6.07, 6.45) is 0. The molecular weight excluding hydrogens is 689 g/mol. The van der Waals surface area contributed by atoms with Crippen LogP contribution in [0.15, 0.2) is 194 Å². The van der Waals surface area contributed by atoms with Gasteiger partial charge in [0.05, 0.1) is 22.8 Å². The van der Waals surface area contributed by atoms with Gasteiger partial charge < -0.3 is 0 Å². The molecular formula is C50H32N4S. The molecule has 3 heterocycles. The Morgan fingerprint density at radius 3 is 1.18 bits per heavy atom. The summed E-state index contributed by atoms with van der Waals surface area (Å²) in [5.41, 5.74) is 12.1. The van der Waals surface area contributed by atoms with E-state index in [4.69, 9.17) is 19.9 Å². The van der Waals surface area contributed by atoms with E-state index >= 15 is 0 Å². The summed E-state index contributed by atoms with van der Waals surface area (Å²) in [6.45, 7) is 0. The van der Waals surface area contributed by atoms with Crippen molar-refractivity contribution in [3.63, 3.8) is 0 Å². The van der Waals surface area contributed by atoms with Crippen LogP contribution < -0.4 is 0 Å². The number of rotatable bonds is 7. The van der Waals surface area contributed by atoms with E-state index < -0.39 is 0 Å². The number of benzene rings is 7. The zero-order chi connectivity index (χ0) is 36.6. The molecule has 0 spiro atoms. The van der Waals surface area contributed by atoms with Crippen LogP contribution in [0.5, 0.6) is 0 Å². The minimum atomic E-state index is 0.701. The Hall–Kier alpha value is -7.08. The van der Waals surface area contributed by atoms with Crippen molar-refractivity contribution < 1.29 is 0 Å². The molecule has 10 aromatic rings. The maximum absolute atomic E-state index is 5.16. The van der Waals surface area contributed by atoms with Crippen molar-refractivity contribution in [1.82, 2.24) is 19.9 Å². The lowest BCUT2D eigenvalue weighted by Crippen LogP contribution is -1.96. The summed E-state index contributed by atoms with van der Waals surface area (Å²) >= 11 is 1.80. The summed E-state index contributed by atoms with van der Waals surface area (Å²) in [5, 5.41) is 2.41. The van der Waals surface area contributed by atoms with Crippen molar-refractivity contribution in [1.29, 1.82) is 0 Å². The number of hydrogen-bond donors (Lipinski definition) is 0. The highest BCUT2D eigenvalue weighted by atomic mass is 32.1. The predicted octanol–water partition coefficient (Wildman–Crippen LogP) is 13.3. The molecule has 0 saturated carbocycles. The van der Waals surface area contributed by atoms with Crippen LogP contribution in [-0.4, -0.2) is 19.9 Å². The first-order valence-corrected chi connectivity index (χ1v) is 19.1. The van der Waals surface area contributed by atoms with Gasteiger partial charge in [-0.3, -0.25) is 0 Å². The Morgan fingerprint density at radius 1 is 0.255 bits per heavy atom. The van der Waals surface area contributed by atoms with Gasteiger partial charge in [0.25, 0.3) is 0 Å². The molecule has 0 bridgehead atoms. The van der Waals surface area contributed by atoms with Gasteiger partial charge in [-0.25, -0.2) is 19.9 Å². The van der Waals surface area contributed by atoms with E-state index in [1.54, 1.807) is 11.3 Å². The fraction of sp³-hybridized carbons (Fsp3) is 0. The normalized spacial score (nSPS) is 11.3. The predicted molar refractivity (Wildman–Crippen MR) is 229 cm³/mol. The summed E-state index contributed by atoms with van der Waals surface area (Å²) in [6, 6.07) is 67.4. The third kappa shape index (κ3) is 6.48. The van der Waals surface area contributed by atoms with E-state index in [-0.39, 0.29) is 0 Å². The lowest BCUT2D eigenvalue weighted by atomic mass is 10.0. The standard InChI is InChI=1S/C50H32N4S/c1-5-13-33(14-6-1)34-21-23-38(24-22-34)50-52-44(36-17-9-3-10-18-36)32-46(54-50)40-25-27-41-42-29-39(26-28-47(42)55-48(41)30-40)45-31-43(35-15-7-2-8-16-35)51-49(53-45)37-19-11-4-12-20-37/h1-32H. The third-order valence-corrected chi connectivity index (χ3v) is 11.1. The van der Waals surface area contributed by atoms with Crippen LogP contribution in [-0.2, 0) is 0 Å². The monoisotopic (exact) mass is 720 g/mol. The zero-order valence-corrected chi connectivity index (χ0v) is 30.5. The fourth-order valence-electron chi connectivity index (χ4n) is 7.09. The lowest BCUT2D eigenvalue weighted by molar-refractivity contribution is 1.18. The van der Waals surface area contributed by atoms with Crippen LogP contribution in [0.25, 0.3) is 99.1 Å². The van der Waals surface area contributed by atoms with Crippen molar-refractivity contribution in [2.24, 2.45) is 0 Å². The quantitative estimate of drug-likeness (QED) is 0.164. The molecule has 4 nitrogen and oxygen atoms in total. The van der Waals surface area contributed by atoms with Crippen molar-refractivity contribution >= 4 is 31.5 Å². The number of thiophene rings is 1. The first-order valence-electron chi connectivity index (χ1n) is 18.3. The molecule has 7 aromatic carbocycles. The van der Waals surface area contributed by atoms with Gasteiger partial charge in [0, 0.05) is 53.6 Å². The van der Waals surface area contributed by atoms with Gasteiger partial charge in [0.2, 0.25) is 0 Å². The minimum absolute atomic E-state index is 0.701. The van der Waals surface area contributed by atoms with Crippen LogP contribution >= 0.6 is 11.3 Å². The molecule has 0 saturated heterocycles. The van der Waals surface area contributed by atoms with Crippen molar-refractivity contribution in [3.05, 3.63) is 194 Å². The number of aromatic nitrogens is 4. The number of hydrogen-bond acceptors (Lipinski definition) is 5. The first kappa shape index (κ1) is 32.6. The molecule has 258 valence electrons. The van der Waals surface area contributed by atoms with E-state index in [1.807, 2.05) is 48.5 Å². The highest BCUT2D eigenvalue weighted by Gasteiger charge is 2.15. The van der Waals surface area contributed by atoms with Crippen LogP contribution in [0.3, 0.4) is 0 Å². The SMILES string of the molecule is c1ccc(-c2ccc(-c3nc(-c4ccccc4)cc(-c4ccc5c(c4)sc4ccc(-c6cc(-c7ccccc7)nc(-c7ccccc7)n6)cc45)n3)cc2)cc1. The maximum Gasteiger partial charge on any atom is 0.160 e. The van der Waals surface area contributed by atoms with Gasteiger partial charge >= 0.3 is 0 Å². The largest absolute Gasteiger partial charge is 0.228 e. The van der Waals surface area contributed by atoms with E-state index in [2.05, 4.69) is 146 Å². The Morgan fingerprint density at radius 2 is 0.636 bits per heavy atom. The fourth-order valence-corrected chi connectivity index (χ4v) is 8.21. The van der Waals surface area contributed by atoms with Crippen molar-refractivity contribution in [2.75, 3.05) is 0 Å². The smallest absolute Gasteiger partial charge is 0.160 e. The van der Waals surface area contributed by atoms with Crippen molar-refractivity contribution in [3.8, 4) is 78.9 Å². The molecule has 3 aromatic heterocycles. The van der Waals surface area contributed by atoms with Gasteiger partial charge in [0.1, 0.15) is 0 Å². The molecule has 0 radical (unpaired) electrons. The lowest BCUT2D eigenvalue weighted by Gasteiger charge is -2.10. The average molecular weight is 721 g/mol. The van der Waals surface area contributed by atoms with E-state index in [0.29, 0.717) is 11.6 Å². The minimum Gasteiger partial charge on any atom is -0.228 e. The summed E-state index contributed by atoms with van der Waals surface area (Å²) in [4.78, 5) is 20.3. The number of fused-ring (bicyclic) bond motifs is 3. The highest BCUT2D eigenvalue weighted by Crippen LogP contribution is 2.39. The first-order chi connectivity index (χ1) is 27.2. The second kappa shape index (κ2) is 14.0. The van der Waals surface area contributed by atoms with Gasteiger partial charge in [-0.1, -0.05) is 164 Å².